The lowest BCUT2D eigenvalue weighted by Gasteiger charge is -2.31. The quantitative estimate of drug-likeness (QED) is 0.926. The molecule has 1 fully saturated rings. The molecule has 0 radical (unpaired) electrons. The van der Waals surface area contributed by atoms with Crippen LogP contribution in [0.5, 0.6) is 0 Å². The first-order chi connectivity index (χ1) is 11.5. The predicted octanol–water partition coefficient (Wildman–Crippen LogP) is 2.93. The third-order valence-corrected chi connectivity index (χ3v) is 5.05. The largest absolute Gasteiger partial charge is 0.312 e. The van der Waals surface area contributed by atoms with Crippen LogP contribution in [0.3, 0.4) is 0 Å². The molecule has 1 N–H and O–H groups in total. The van der Waals surface area contributed by atoms with Gasteiger partial charge in [-0.2, -0.15) is 0 Å². The van der Waals surface area contributed by atoms with Crippen LogP contribution in [-0.2, 0) is 11.3 Å². The maximum Gasteiger partial charge on any atom is 0.230 e. The van der Waals surface area contributed by atoms with E-state index in [2.05, 4.69) is 22.5 Å². The molecule has 24 heavy (non-hydrogen) atoms. The number of aromatic nitrogens is 1. The SMILES string of the molecule is CC(=O)N(c1ccc(C)cc1)c1nc(CN2CCNC(C)C2)cs1. The van der Waals surface area contributed by atoms with Crippen molar-refractivity contribution in [2.75, 3.05) is 24.5 Å². The number of nitrogens with zero attached hydrogens (tertiary/aromatic N) is 3. The molecule has 3 rings (SSSR count). The molecular weight excluding hydrogens is 320 g/mol. The zero-order valence-electron chi connectivity index (χ0n) is 14.5. The van der Waals surface area contributed by atoms with Gasteiger partial charge in [-0.3, -0.25) is 14.6 Å². The van der Waals surface area contributed by atoms with Crippen LogP contribution in [0, 0.1) is 6.92 Å². The molecule has 1 aromatic heterocycles. The van der Waals surface area contributed by atoms with Crippen LogP contribution in [0.1, 0.15) is 25.1 Å². The Kier molecular flexibility index (Phi) is 5.28. The second-order valence-electron chi connectivity index (χ2n) is 6.40. The Morgan fingerprint density at radius 2 is 2.17 bits per heavy atom. The Hall–Kier alpha value is -1.76. The van der Waals surface area contributed by atoms with Crippen molar-refractivity contribution in [1.29, 1.82) is 0 Å². The lowest BCUT2D eigenvalue weighted by Crippen LogP contribution is -2.48. The number of hydrogen-bond acceptors (Lipinski definition) is 5. The molecule has 1 aliphatic rings. The fourth-order valence-electron chi connectivity index (χ4n) is 2.98. The molecule has 2 heterocycles. The molecule has 6 heteroatoms. The lowest BCUT2D eigenvalue weighted by molar-refractivity contribution is -0.115. The van der Waals surface area contributed by atoms with Crippen molar-refractivity contribution in [2.24, 2.45) is 0 Å². The second-order valence-corrected chi connectivity index (χ2v) is 7.24. The number of carbonyl (C=O) groups excluding carboxylic acids is 1. The van der Waals surface area contributed by atoms with E-state index in [1.807, 2.05) is 31.2 Å². The highest BCUT2D eigenvalue weighted by molar-refractivity contribution is 7.14. The average Bonchev–Trinajstić information content (AvgIpc) is 2.97. The Balaban J connectivity index is 1.76. The first-order valence-electron chi connectivity index (χ1n) is 8.30. The van der Waals surface area contributed by atoms with Gasteiger partial charge in [-0.25, -0.2) is 4.98 Å². The zero-order valence-corrected chi connectivity index (χ0v) is 15.3. The molecule has 0 saturated carbocycles. The summed E-state index contributed by atoms with van der Waals surface area (Å²) in [6.45, 7) is 9.74. The summed E-state index contributed by atoms with van der Waals surface area (Å²) in [6.07, 6.45) is 0. The molecule has 5 nitrogen and oxygen atoms in total. The van der Waals surface area contributed by atoms with E-state index < -0.39 is 0 Å². The number of thiazole rings is 1. The minimum atomic E-state index is -0.0180. The van der Waals surface area contributed by atoms with Crippen molar-refractivity contribution in [1.82, 2.24) is 15.2 Å². The third kappa shape index (κ3) is 4.01. The summed E-state index contributed by atoms with van der Waals surface area (Å²) in [4.78, 5) is 21.0. The maximum absolute atomic E-state index is 12.1. The van der Waals surface area contributed by atoms with E-state index in [1.165, 1.54) is 16.9 Å². The molecule has 1 amide bonds. The number of carbonyl (C=O) groups is 1. The summed E-state index contributed by atoms with van der Waals surface area (Å²) in [5.74, 6) is -0.0180. The number of rotatable bonds is 4. The summed E-state index contributed by atoms with van der Waals surface area (Å²) in [7, 11) is 0. The van der Waals surface area contributed by atoms with Crippen molar-refractivity contribution >= 4 is 28.1 Å². The molecule has 1 aromatic carbocycles. The normalized spacial score (nSPS) is 18.5. The average molecular weight is 344 g/mol. The first-order valence-corrected chi connectivity index (χ1v) is 9.18. The van der Waals surface area contributed by atoms with E-state index in [-0.39, 0.29) is 5.91 Å². The molecule has 1 aliphatic heterocycles. The predicted molar refractivity (Wildman–Crippen MR) is 98.9 cm³/mol. The molecule has 1 saturated heterocycles. The topological polar surface area (TPSA) is 48.5 Å². The molecule has 1 atom stereocenters. The standard InChI is InChI=1S/C18H24N4OS/c1-13-4-6-17(7-5-13)22(15(3)23)18-20-16(12-24-18)11-21-9-8-19-14(2)10-21/h4-7,12,14,19H,8-11H2,1-3H3. The third-order valence-electron chi connectivity index (χ3n) is 4.18. The minimum absolute atomic E-state index is 0.0180. The highest BCUT2D eigenvalue weighted by atomic mass is 32.1. The monoisotopic (exact) mass is 344 g/mol. The highest BCUT2D eigenvalue weighted by Gasteiger charge is 2.20. The number of hydrogen-bond donors (Lipinski definition) is 1. The molecule has 0 bridgehead atoms. The fraction of sp³-hybridized carbons (Fsp3) is 0.444. The van der Waals surface area contributed by atoms with E-state index >= 15 is 0 Å². The van der Waals surface area contributed by atoms with Gasteiger partial charge >= 0.3 is 0 Å². The molecule has 0 aliphatic carbocycles. The van der Waals surface area contributed by atoms with Gasteiger partial charge < -0.3 is 5.32 Å². The summed E-state index contributed by atoms with van der Waals surface area (Å²) in [5.41, 5.74) is 3.07. The Labute approximate surface area is 147 Å². The zero-order chi connectivity index (χ0) is 17.1. The Morgan fingerprint density at radius 3 is 2.83 bits per heavy atom. The summed E-state index contributed by atoms with van der Waals surface area (Å²) >= 11 is 1.53. The van der Waals surface area contributed by atoms with Gasteiger partial charge in [0, 0.05) is 44.5 Å². The molecule has 0 spiro atoms. The number of piperazine rings is 1. The first kappa shape index (κ1) is 17.1. The van der Waals surface area contributed by atoms with Gasteiger partial charge in [-0.05, 0) is 26.0 Å². The van der Waals surface area contributed by atoms with Gasteiger partial charge in [0.2, 0.25) is 5.91 Å². The second kappa shape index (κ2) is 7.42. The van der Waals surface area contributed by atoms with Gasteiger partial charge in [0.05, 0.1) is 11.4 Å². The highest BCUT2D eigenvalue weighted by Crippen LogP contribution is 2.29. The van der Waals surface area contributed by atoms with Gasteiger partial charge in [-0.1, -0.05) is 17.7 Å². The summed E-state index contributed by atoms with van der Waals surface area (Å²) in [6, 6.07) is 8.48. The fourth-order valence-corrected chi connectivity index (χ4v) is 3.86. The Bertz CT molecular complexity index is 697. The number of anilines is 2. The number of nitrogens with one attached hydrogen (secondary N) is 1. The van der Waals surface area contributed by atoms with Gasteiger partial charge in [0.15, 0.2) is 5.13 Å². The van der Waals surface area contributed by atoms with Crippen LogP contribution >= 0.6 is 11.3 Å². The van der Waals surface area contributed by atoms with E-state index in [0.717, 1.165) is 42.7 Å². The summed E-state index contributed by atoms with van der Waals surface area (Å²) in [5, 5.41) is 6.25. The van der Waals surface area contributed by atoms with Gasteiger partial charge in [0.25, 0.3) is 0 Å². The van der Waals surface area contributed by atoms with Gasteiger partial charge in [0.1, 0.15) is 0 Å². The molecule has 128 valence electrons. The minimum Gasteiger partial charge on any atom is -0.312 e. The number of benzene rings is 1. The van der Waals surface area contributed by atoms with Crippen LogP contribution in [0.25, 0.3) is 0 Å². The molecular formula is C18H24N4OS. The maximum atomic E-state index is 12.1. The summed E-state index contributed by atoms with van der Waals surface area (Å²) < 4.78 is 0. The van der Waals surface area contributed by atoms with E-state index in [9.17, 15) is 4.79 Å². The number of aryl methyl sites for hydroxylation is 1. The van der Waals surface area contributed by atoms with Crippen LogP contribution in [0.15, 0.2) is 29.6 Å². The molecule has 2 aromatic rings. The van der Waals surface area contributed by atoms with Crippen molar-refractivity contribution in [2.45, 2.75) is 33.4 Å². The number of amides is 1. The van der Waals surface area contributed by atoms with E-state index in [0.29, 0.717) is 6.04 Å². The van der Waals surface area contributed by atoms with Crippen molar-refractivity contribution in [3.63, 3.8) is 0 Å². The van der Waals surface area contributed by atoms with E-state index in [4.69, 9.17) is 4.98 Å². The van der Waals surface area contributed by atoms with Gasteiger partial charge in [-0.15, -0.1) is 11.3 Å². The van der Waals surface area contributed by atoms with Crippen LogP contribution in [-0.4, -0.2) is 41.5 Å². The van der Waals surface area contributed by atoms with Crippen LogP contribution in [0.4, 0.5) is 10.8 Å². The van der Waals surface area contributed by atoms with E-state index in [1.54, 1.807) is 11.8 Å². The van der Waals surface area contributed by atoms with Crippen molar-refractivity contribution in [3.05, 3.63) is 40.9 Å². The van der Waals surface area contributed by atoms with Crippen molar-refractivity contribution < 1.29 is 4.79 Å². The molecule has 1 unspecified atom stereocenters. The lowest BCUT2D eigenvalue weighted by atomic mass is 10.2. The van der Waals surface area contributed by atoms with Crippen LogP contribution in [0.2, 0.25) is 0 Å². The van der Waals surface area contributed by atoms with Crippen LogP contribution < -0.4 is 10.2 Å². The smallest absolute Gasteiger partial charge is 0.230 e. The van der Waals surface area contributed by atoms with Crippen molar-refractivity contribution in [3.8, 4) is 0 Å². The Morgan fingerprint density at radius 1 is 1.42 bits per heavy atom.